The average Bonchev–Trinajstić information content (AvgIpc) is 3.16. The Morgan fingerprint density at radius 1 is 1.21 bits per heavy atom. The molecule has 2 aliphatic rings. The van der Waals surface area contributed by atoms with E-state index in [0.717, 1.165) is 4.90 Å². The zero-order chi connectivity index (χ0) is 19.5. The Morgan fingerprint density at radius 2 is 2.04 bits per heavy atom. The van der Waals surface area contributed by atoms with Crippen molar-refractivity contribution in [3.05, 3.63) is 60.2 Å². The van der Waals surface area contributed by atoms with Crippen LogP contribution >= 0.6 is 11.8 Å². The average molecular weight is 397 g/mol. The maximum absolute atomic E-state index is 12.4. The first-order valence-corrected chi connectivity index (χ1v) is 9.76. The normalized spacial score (nSPS) is 28.4. The van der Waals surface area contributed by atoms with Gasteiger partial charge in [-0.15, -0.1) is 11.8 Å². The number of hydrogen-bond donors (Lipinski definition) is 3. The summed E-state index contributed by atoms with van der Waals surface area (Å²) in [7, 11) is 0. The number of anilines is 1. The summed E-state index contributed by atoms with van der Waals surface area (Å²) in [6.45, 7) is 0.308. The van der Waals surface area contributed by atoms with E-state index in [-0.39, 0.29) is 5.25 Å². The third-order valence-electron chi connectivity index (χ3n) is 4.67. The lowest BCUT2D eigenvalue weighted by atomic mass is 10.00. The molecule has 0 saturated carbocycles. The fourth-order valence-electron chi connectivity index (χ4n) is 3.33. The number of thioether (sulfide) groups is 1. The second-order valence-corrected chi connectivity index (χ2v) is 7.83. The fourth-order valence-corrected chi connectivity index (χ4v) is 4.52. The van der Waals surface area contributed by atoms with Crippen LogP contribution in [0.3, 0.4) is 0 Å². The van der Waals surface area contributed by atoms with Crippen LogP contribution < -0.4 is 10.6 Å². The van der Waals surface area contributed by atoms with Crippen LogP contribution in [0.25, 0.3) is 0 Å². The molecule has 0 spiro atoms. The Labute approximate surface area is 166 Å². The van der Waals surface area contributed by atoms with Gasteiger partial charge in [-0.05, 0) is 30.3 Å². The molecule has 0 unspecified atom stereocenters. The highest BCUT2D eigenvalue weighted by Gasteiger charge is 2.51. The summed E-state index contributed by atoms with van der Waals surface area (Å²) in [5.74, 6) is 0. The molecule has 0 aromatic heterocycles. The standard InChI is InChI=1S/C20H19N3O4S/c21-10-12-5-4-6-13(9-12)22-20(25)23-16-15-11-26-19(27-15)18(17(16)24)28-14-7-2-1-3-8-14/h1-9,15-19,24H,11H2,(H2,22,23,25)/t15-,16-,17+,18-,19-/m1/s1. The van der Waals surface area contributed by atoms with Gasteiger partial charge in [0.05, 0.1) is 35.6 Å². The molecular formula is C20H19N3O4S. The van der Waals surface area contributed by atoms with Crippen molar-refractivity contribution in [2.75, 3.05) is 11.9 Å². The minimum atomic E-state index is -0.840. The van der Waals surface area contributed by atoms with Crippen LogP contribution in [0, 0.1) is 11.3 Å². The molecule has 8 heteroatoms. The van der Waals surface area contributed by atoms with E-state index in [1.165, 1.54) is 11.8 Å². The van der Waals surface area contributed by atoms with Gasteiger partial charge in [0.15, 0.2) is 6.29 Å². The van der Waals surface area contributed by atoms with Gasteiger partial charge in [0, 0.05) is 10.6 Å². The van der Waals surface area contributed by atoms with Crippen molar-refractivity contribution in [1.29, 1.82) is 5.26 Å². The molecule has 2 bridgehead atoms. The van der Waals surface area contributed by atoms with Crippen LogP contribution in [0.5, 0.6) is 0 Å². The molecule has 2 heterocycles. The number of carbonyl (C=O) groups is 1. The smallest absolute Gasteiger partial charge is 0.319 e. The first-order valence-electron chi connectivity index (χ1n) is 8.88. The monoisotopic (exact) mass is 397 g/mol. The summed E-state index contributed by atoms with van der Waals surface area (Å²) in [6, 6.07) is 17.2. The molecule has 2 aromatic rings. The molecule has 2 aliphatic heterocycles. The number of ether oxygens (including phenoxy) is 2. The van der Waals surface area contributed by atoms with Crippen LogP contribution in [0.15, 0.2) is 59.5 Å². The molecule has 5 atom stereocenters. The number of nitrogens with zero attached hydrogens (tertiary/aromatic N) is 1. The number of aliphatic hydroxyl groups excluding tert-OH is 1. The van der Waals surface area contributed by atoms with Crippen LogP contribution in [0.4, 0.5) is 10.5 Å². The molecule has 7 nitrogen and oxygen atoms in total. The van der Waals surface area contributed by atoms with Gasteiger partial charge in [-0.2, -0.15) is 5.26 Å². The van der Waals surface area contributed by atoms with Crippen molar-refractivity contribution in [3.63, 3.8) is 0 Å². The quantitative estimate of drug-likeness (QED) is 0.732. The van der Waals surface area contributed by atoms with Crippen LogP contribution in [-0.4, -0.2) is 47.5 Å². The maximum atomic E-state index is 12.4. The number of nitriles is 1. The van der Waals surface area contributed by atoms with Crippen LogP contribution in [-0.2, 0) is 9.47 Å². The van der Waals surface area contributed by atoms with E-state index < -0.39 is 30.6 Å². The molecule has 2 aromatic carbocycles. The SMILES string of the molecule is N#Cc1cccc(NC(=O)N[C@H]2[C@H](O)[C@@H](Sc3ccccc3)[C@@H]3OC[C@H]2O3)c1. The van der Waals surface area contributed by atoms with Crippen molar-refractivity contribution in [1.82, 2.24) is 5.32 Å². The zero-order valence-electron chi connectivity index (χ0n) is 14.8. The predicted molar refractivity (Wildman–Crippen MR) is 104 cm³/mol. The summed E-state index contributed by atoms with van der Waals surface area (Å²) in [5, 5.41) is 25.0. The summed E-state index contributed by atoms with van der Waals surface area (Å²) in [6.07, 6.45) is -1.77. The Hall–Kier alpha value is -2.57. The lowest BCUT2D eigenvalue weighted by Gasteiger charge is -2.38. The lowest BCUT2D eigenvalue weighted by Crippen LogP contribution is -2.60. The largest absolute Gasteiger partial charge is 0.389 e. The molecule has 3 N–H and O–H groups in total. The summed E-state index contributed by atoms with van der Waals surface area (Å²) in [4.78, 5) is 13.4. The molecule has 2 amide bonds. The Kier molecular flexibility index (Phi) is 5.50. The first kappa shape index (κ1) is 18.8. The van der Waals surface area contributed by atoms with Crippen molar-refractivity contribution >= 4 is 23.5 Å². The van der Waals surface area contributed by atoms with E-state index >= 15 is 0 Å². The highest BCUT2D eigenvalue weighted by molar-refractivity contribution is 8.00. The van der Waals surface area contributed by atoms with Gasteiger partial charge in [0.1, 0.15) is 6.10 Å². The van der Waals surface area contributed by atoms with Gasteiger partial charge >= 0.3 is 6.03 Å². The number of aliphatic hydroxyl groups is 1. The molecular weight excluding hydrogens is 378 g/mol. The van der Waals surface area contributed by atoms with Gasteiger partial charge in [0.2, 0.25) is 0 Å². The molecule has 2 saturated heterocycles. The van der Waals surface area contributed by atoms with Gasteiger partial charge in [-0.3, -0.25) is 0 Å². The molecule has 0 radical (unpaired) electrons. The lowest BCUT2D eigenvalue weighted by molar-refractivity contribution is -0.121. The van der Waals surface area contributed by atoms with E-state index in [9.17, 15) is 9.90 Å². The molecule has 28 heavy (non-hydrogen) atoms. The number of benzene rings is 2. The van der Waals surface area contributed by atoms with Gasteiger partial charge < -0.3 is 25.2 Å². The zero-order valence-corrected chi connectivity index (χ0v) is 15.6. The second-order valence-electron chi connectivity index (χ2n) is 6.58. The van der Waals surface area contributed by atoms with Crippen molar-refractivity contribution < 1.29 is 19.4 Å². The summed E-state index contributed by atoms with van der Waals surface area (Å²) in [5.41, 5.74) is 0.948. The summed E-state index contributed by atoms with van der Waals surface area (Å²) < 4.78 is 11.5. The number of hydrogen-bond acceptors (Lipinski definition) is 6. The van der Waals surface area contributed by atoms with Crippen molar-refractivity contribution in [3.8, 4) is 6.07 Å². The number of carbonyl (C=O) groups excluding carboxylic acids is 1. The highest BCUT2D eigenvalue weighted by Crippen LogP contribution is 2.38. The second kappa shape index (κ2) is 8.20. The number of nitrogens with one attached hydrogen (secondary N) is 2. The topological polar surface area (TPSA) is 104 Å². The third kappa shape index (κ3) is 3.98. The Bertz CT molecular complexity index is 889. The van der Waals surface area contributed by atoms with Gasteiger partial charge in [-0.25, -0.2) is 4.79 Å². The maximum Gasteiger partial charge on any atom is 0.319 e. The van der Waals surface area contributed by atoms with Gasteiger partial charge in [-0.1, -0.05) is 24.3 Å². The van der Waals surface area contributed by atoms with E-state index in [2.05, 4.69) is 10.6 Å². The fraction of sp³-hybridized carbons (Fsp3) is 0.300. The minimum absolute atomic E-state index is 0.308. The van der Waals surface area contributed by atoms with Crippen LogP contribution in [0.1, 0.15) is 5.56 Å². The Morgan fingerprint density at radius 3 is 2.82 bits per heavy atom. The van der Waals surface area contributed by atoms with Crippen molar-refractivity contribution in [2.45, 2.75) is 34.7 Å². The van der Waals surface area contributed by atoms with E-state index in [1.54, 1.807) is 24.3 Å². The minimum Gasteiger partial charge on any atom is -0.389 e. The number of urea groups is 1. The van der Waals surface area contributed by atoms with Crippen LogP contribution in [0.2, 0.25) is 0 Å². The summed E-state index contributed by atoms with van der Waals surface area (Å²) >= 11 is 1.46. The predicted octanol–water partition coefficient (Wildman–Crippen LogP) is 2.33. The third-order valence-corrected chi connectivity index (χ3v) is 5.99. The number of amides is 2. The van der Waals surface area contributed by atoms with Crippen molar-refractivity contribution in [2.24, 2.45) is 0 Å². The molecule has 4 rings (SSSR count). The van der Waals surface area contributed by atoms with Gasteiger partial charge in [0.25, 0.3) is 0 Å². The number of rotatable bonds is 4. The Balaban J connectivity index is 1.44. The van der Waals surface area contributed by atoms with E-state index in [4.69, 9.17) is 14.7 Å². The highest BCUT2D eigenvalue weighted by atomic mass is 32.2. The van der Waals surface area contributed by atoms with E-state index in [0.29, 0.717) is 17.9 Å². The van der Waals surface area contributed by atoms with E-state index in [1.807, 2.05) is 36.4 Å². The number of fused-ring (bicyclic) bond motifs is 2. The first-order chi connectivity index (χ1) is 13.6. The molecule has 2 fully saturated rings. The molecule has 0 aliphatic carbocycles. The molecule has 144 valence electrons.